The molecule has 0 amide bonds. The molecule has 0 radical (unpaired) electrons. The summed E-state index contributed by atoms with van der Waals surface area (Å²) in [6.45, 7) is 6.22. The second kappa shape index (κ2) is 9.25. The summed E-state index contributed by atoms with van der Waals surface area (Å²) in [6, 6.07) is 9.40. The maximum Gasteiger partial charge on any atom is 0.371 e. The number of furan rings is 1. The summed E-state index contributed by atoms with van der Waals surface area (Å²) in [5.74, 6) is 0.414. The van der Waals surface area contributed by atoms with Gasteiger partial charge in [0.1, 0.15) is 18.1 Å². The molecule has 0 saturated heterocycles. The Morgan fingerprint density at radius 3 is 2.50 bits per heavy atom. The zero-order valence-corrected chi connectivity index (χ0v) is 15.7. The van der Waals surface area contributed by atoms with Crippen LogP contribution in [0.4, 0.5) is 0 Å². The number of hydrogen-bond acceptors (Lipinski definition) is 4. The Morgan fingerprint density at radius 1 is 1.27 bits per heavy atom. The average molecular weight is 358 g/mol. The second-order valence-electron chi connectivity index (χ2n) is 6.21. The molecule has 1 aromatic heterocycles. The van der Waals surface area contributed by atoms with Gasteiger partial charge in [0.05, 0.1) is 6.10 Å². The number of aromatic carboxylic acids is 1. The number of methoxy groups -OCH3 is 1. The Labute approximate surface area is 154 Å². The Hall–Kier alpha value is -2.53. The molecule has 2 rings (SSSR count). The van der Waals surface area contributed by atoms with E-state index >= 15 is 0 Å². The summed E-state index contributed by atoms with van der Waals surface area (Å²) in [5, 5.41) is 8.95. The lowest BCUT2D eigenvalue weighted by Gasteiger charge is -2.11. The summed E-state index contributed by atoms with van der Waals surface area (Å²) in [6.07, 6.45) is 5.34. The number of carboxylic acids is 1. The molecule has 0 bridgehead atoms. The van der Waals surface area contributed by atoms with Gasteiger partial charge in [-0.15, -0.1) is 0 Å². The number of rotatable bonds is 9. The summed E-state index contributed by atoms with van der Waals surface area (Å²) < 4.78 is 16.3. The van der Waals surface area contributed by atoms with Crippen LogP contribution in [0.15, 0.2) is 46.9 Å². The quantitative estimate of drug-likeness (QED) is 0.642. The van der Waals surface area contributed by atoms with Gasteiger partial charge in [0, 0.05) is 12.7 Å². The number of hydrogen-bond donors (Lipinski definition) is 1. The monoisotopic (exact) mass is 358 g/mol. The van der Waals surface area contributed by atoms with Crippen molar-refractivity contribution in [3.63, 3.8) is 0 Å². The van der Waals surface area contributed by atoms with Crippen LogP contribution in [0.3, 0.4) is 0 Å². The normalized spacial score (nSPS) is 13.7. The second-order valence-corrected chi connectivity index (χ2v) is 6.21. The summed E-state index contributed by atoms with van der Waals surface area (Å²) in [7, 11) is 1.72. The molecule has 26 heavy (non-hydrogen) atoms. The number of benzene rings is 1. The highest BCUT2D eigenvalue weighted by atomic mass is 16.5. The van der Waals surface area contributed by atoms with E-state index < -0.39 is 5.97 Å². The Kier molecular flexibility index (Phi) is 7.04. The minimum atomic E-state index is -1.08. The molecule has 5 nitrogen and oxygen atoms in total. The third kappa shape index (κ3) is 5.23. The molecule has 1 unspecified atom stereocenters. The molecule has 1 N–H and O–H groups in total. The SMILES string of the molecule is CCC(/C=C\[C@H](C)c1ccc(OCc2cc(C(=O)O)oc2C)cc1)OC. The molecule has 0 saturated carbocycles. The third-order valence-electron chi connectivity index (χ3n) is 4.35. The fourth-order valence-electron chi connectivity index (χ4n) is 2.58. The minimum absolute atomic E-state index is 0.0708. The average Bonchev–Trinajstić information content (AvgIpc) is 3.02. The van der Waals surface area contributed by atoms with Gasteiger partial charge in [0.2, 0.25) is 5.76 Å². The maximum absolute atomic E-state index is 10.9. The lowest BCUT2D eigenvalue weighted by molar-refractivity contribution is 0.0661. The lowest BCUT2D eigenvalue weighted by Crippen LogP contribution is -2.04. The maximum atomic E-state index is 10.9. The zero-order chi connectivity index (χ0) is 19.1. The van der Waals surface area contributed by atoms with Crippen molar-refractivity contribution in [1.82, 2.24) is 0 Å². The van der Waals surface area contributed by atoms with Gasteiger partial charge in [0.25, 0.3) is 0 Å². The molecule has 0 aliphatic heterocycles. The molecule has 0 fully saturated rings. The van der Waals surface area contributed by atoms with Crippen LogP contribution in [0.5, 0.6) is 5.75 Å². The summed E-state index contributed by atoms with van der Waals surface area (Å²) in [4.78, 5) is 10.9. The molecule has 5 heteroatoms. The fraction of sp³-hybridized carbons (Fsp3) is 0.381. The highest BCUT2D eigenvalue weighted by Gasteiger charge is 2.13. The van der Waals surface area contributed by atoms with Crippen molar-refractivity contribution in [3.8, 4) is 5.75 Å². The van der Waals surface area contributed by atoms with Crippen LogP contribution in [0.1, 0.15) is 53.6 Å². The first-order valence-electron chi connectivity index (χ1n) is 8.71. The van der Waals surface area contributed by atoms with Crippen LogP contribution in [0, 0.1) is 6.92 Å². The van der Waals surface area contributed by atoms with Crippen molar-refractivity contribution in [2.45, 2.75) is 45.8 Å². The van der Waals surface area contributed by atoms with E-state index in [4.69, 9.17) is 19.0 Å². The molecule has 1 heterocycles. The molecule has 1 aromatic carbocycles. The van der Waals surface area contributed by atoms with Crippen molar-refractivity contribution in [1.29, 1.82) is 0 Å². The van der Waals surface area contributed by atoms with Gasteiger partial charge in [-0.1, -0.05) is 38.1 Å². The van der Waals surface area contributed by atoms with Crippen LogP contribution >= 0.6 is 0 Å². The van der Waals surface area contributed by atoms with E-state index in [0.717, 1.165) is 17.7 Å². The number of ether oxygens (including phenoxy) is 2. The Morgan fingerprint density at radius 2 is 1.96 bits per heavy atom. The van der Waals surface area contributed by atoms with Crippen molar-refractivity contribution >= 4 is 5.97 Å². The largest absolute Gasteiger partial charge is 0.489 e. The summed E-state index contributed by atoms with van der Waals surface area (Å²) >= 11 is 0. The van der Waals surface area contributed by atoms with E-state index in [9.17, 15) is 4.79 Å². The first kappa shape index (κ1) is 19.8. The van der Waals surface area contributed by atoms with Crippen LogP contribution in [0.2, 0.25) is 0 Å². The standard InChI is InChI=1S/C21H26O5/c1-5-18(24-4)9-6-14(2)16-7-10-19(11-8-16)25-13-17-12-20(21(22)23)26-15(17)3/h6-12,14,18H,5,13H2,1-4H3,(H,22,23)/b9-6-/t14-,18?/m0/s1. The number of carbonyl (C=O) groups is 1. The zero-order valence-electron chi connectivity index (χ0n) is 15.7. The van der Waals surface area contributed by atoms with E-state index in [0.29, 0.717) is 5.76 Å². The van der Waals surface area contributed by atoms with Crippen molar-refractivity contribution < 1.29 is 23.8 Å². The van der Waals surface area contributed by atoms with Crippen molar-refractivity contribution in [2.24, 2.45) is 0 Å². The van der Waals surface area contributed by atoms with E-state index in [-0.39, 0.29) is 24.4 Å². The molecule has 0 spiro atoms. The Bertz CT molecular complexity index is 738. The molecule has 140 valence electrons. The van der Waals surface area contributed by atoms with E-state index in [1.807, 2.05) is 24.3 Å². The van der Waals surface area contributed by atoms with E-state index in [2.05, 4.69) is 26.0 Å². The van der Waals surface area contributed by atoms with Gasteiger partial charge in [-0.3, -0.25) is 0 Å². The smallest absolute Gasteiger partial charge is 0.371 e. The third-order valence-corrected chi connectivity index (χ3v) is 4.35. The predicted molar refractivity (Wildman–Crippen MR) is 99.8 cm³/mol. The van der Waals surface area contributed by atoms with Crippen LogP contribution in [-0.2, 0) is 11.3 Å². The first-order chi connectivity index (χ1) is 12.4. The number of carboxylic acid groups (broad SMARTS) is 1. The van der Waals surface area contributed by atoms with E-state index in [1.165, 1.54) is 11.6 Å². The highest BCUT2D eigenvalue weighted by Crippen LogP contribution is 2.22. The minimum Gasteiger partial charge on any atom is -0.489 e. The van der Waals surface area contributed by atoms with Gasteiger partial charge in [-0.05, 0) is 43.0 Å². The fourth-order valence-corrected chi connectivity index (χ4v) is 2.58. The molecular weight excluding hydrogens is 332 g/mol. The topological polar surface area (TPSA) is 68.9 Å². The number of allylic oxidation sites excluding steroid dienone is 1. The van der Waals surface area contributed by atoms with Crippen LogP contribution < -0.4 is 4.74 Å². The highest BCUT2D eigenvalue weighted by molar-refractivity contribution is 5.84. The lowest BCUT2D eigenvalue weighted by atomic mass is 10.00. The number of aryl methyl sites for hydroxylation is 1. The van der Waals surface area contributed by atoms with Gasteiger partial charge >= 0.3 is 5.97 Å². The molecular formula is C21H26O5. The summed E-state index contributed by atoms with van der Waals surface area (Å²) in [5.41, 5.74) is 1.92. The van der Waals surface area contributed by atoms with Crippen LogP contribution in [-0.4, -0.2) is 24.3 Å². The van der Waals surface area contributed by atoms with E-state index in [1.54, 1.807) is 14.0 Å². The van der Waals surface area contributed by atoms with Gasteiger partial charge in [-0.25, -0.2) is 4.79 Å². The molecule has 0 aliphatic rings. The van der Waals surface area contributed by atoms with Crippen molar-refractivity contribution in [2.75, 3.05) is 7.11 Å². The van der Waals surface area contributed by atoms with Gasteiger partial charge < -0.3 is 19.0 Å². The van der Waals surface area contributed by atoms with Gasteiger partial charge in [-0.2, -0.15) is 0 Å². The molecule has 2 aromatic rings. The molecule has 0 aliphatic carbocycles. The predicted octanol–water partition coefficient (Wildman–Crippen LogP) is 4.95. The molecule has 2 atom stereocenters. The van der Waals surface area contributed by atoms with Crippen LogP contribution in [0.25, 0.3) is 0 Å². The Balaban J connectivity index is 1.96. The van der Waals surface area contributed by atoms with Crippen molar-refractivity contribution in [3.05, 3.63) is 65.1 Å². The first-order valence-corrected chi connectivity index (χ1v) is 8.71. The van der Waals surface area contributed by atoms with Gasteiger partial charge in [0.15, 0.2) is 0 Å².